The lowest BCUT2D eigenvalue weighted by atomic mass is 9.86. The number of alkyl halides is 2. The third-order valence-corrected chi connectivity index (χ3v) is 4.25. The Labute approximate surface area is 117 Å². The third-order valence-electron chi connectivity index (χ3n) is 4.25. The highest BCUT2D eigenvalue weighted by molar-refractivity contribution is 5.30. The number of aromatic nitrogens is 3. The first-order valence-corrected chi connectivity index (χ1v) is 7.32. The van der Waals surface area contributed by atoms with Gasteiger partial charge in [-0.15, -0.1) is 5.10 Å². The van der Waals surface area contributed by atoms with Crippen molar-refractivity contribution >= 4 is 5.95 Å². The van der Waals surface area contributed by atoms with Crippen molar-refractivity contribution in [2.75, 3.05) is 24.5 Å². The molecule has 0 radical (unpaired) electrons. The molecule has 112 valence electrons. The zero-order chi connectivity index (χ0) is 14.2. The first kappa shape index (κ1) is 13.7. The van der Waals surface area contributed by atoms with Crippen LogP contribution in [0.1, 0.15) is 44.3 Å². The normalized spacial score (nSPS) is 27.8. The summed E-state index contributed by atoms with van der Waals surface area (Å²) in [6.07, 6.45) is 0.885. The summed E-state index contributed by atoms with van der Waals surface area (Å²) in [6, 6.07) is 0.416. The molecule has 2 N–H and O–H groups in total. The fourth-order valence-corrected chi connectivity index (χ4v) is 3.02. The molecular weight excluding hydrogens is 264 g/mol. The number of rotatable bonds is 2. The number of piperazine rings is 1. The molecule has 1 aromatic heterocycles. The molecule has 2 heterocycles. The second kappa shape index (κ2) is 5.27. The van der Waals surface area contributed by atoms with E-state index in [-0.39, 0.29) is 18.8 Å². The number of nitrogens with one attached hydrogen (secondary N) is 2. The van der Waals surface area contributed by atoms with E-state index in [1.807, 2.05) is 0 Å². The van der Waals surface area contributed by atoms with Crippen molar-refractivity contribution in [1.29, 1.82) is 0 Å². The summed E-state index contributed by atoms with van der Waals surface area (Å²) >= 11 is 0. The third kappa shape index (κ3) is 2.92. The molecule has 7 heteroatoms. The minimum absolute atomic E-state index is 0.0433. The summed E-state index contributed by atoms with van der Waals surface area (Å²) < 4.78 is 26.3. The van der Waals surface area contributed by atoms with Gasteiger partial charge in [-0.2, -0.15) is 4.98 Å². The second-order valence-corrected chi connectivity index (χ2v) is 5.95. The van der Waals surface area contributed by atoms with Crippen LogP contribution in [0.2, 0.25) is 0 Å². The molecular formula is C13H21F2N5. The van der Waals surface area contributed by atoms with Crippen molar-refractivity contribution < 1.29 is 8.78 Å². The molecule has 0 aromatic carbocycles. The van der Waals surface area contributed by atoms with E-state index in [0.29, 0.717) is 24.8 Å². The Hall–Kier alpha value is -1.24. The molecule has 2 aliphatic rings. The lowest BCUT2D eigenvalue weighted by molar-refractivity contribution is -0.0387. The van der Waals surface area contributed by atoms with Crippen molar-refractivity contribution in [3.05, 3.63) is 5.82 Å². The van der Waals surface area contributed by atoms with Crippen molar-refractivity contribution in [1.82, 2.24) is 20.5 Å². The number of anilines is 1. The van der Waals surface area contributed by atoms with E-state index in [9.17, 15) is 8.78 Å². The fraction of sp³-hybridized carbons (Fsp3) is 0.846. The molecule has 0 amide bonds. The summed E-state index contributed by atoms with van der Waals surface area (Å²) in [7, 11) is 0. The van der Waals surface area contributed by atoms with Gasteiger partial charge in [0.2, 0.25) is 11.9 Å². The molecule has 1 aliphatic carbocycles. The van der Waals surface area contributed by atoms with Crippen LogP contribution in [0.4, 0.5) is 14.7 Å². The molecule has 1 saturated heterocycles. The Bertz CT molecular complexity index is 451. The van der Waals surface area contributed by atoms with Gasteiger partial charge >= 0.3 is 0 Å². The van der Waals surface area contributed by atoms with Gasteiger partial charge in [0.05, 0.1) is 0 Å². The quantitative estimate of drug-likeness (QED) is 0.871. The molecule has 1 aromatic rings. The maximum absolute atomic E-state index is 13.2. The summed E-state index contributed by atoms with van der Waals surface area (Å²) in [6.45, 7) is 4.80. The Balaban J connectivity index is 1.65. The topological polar surface area (TPSA) is 56.8 Å². The molecule has 1 aliphatic heterocycles. The van der Waals surface area contributed by atoms with Gasteiger partial charge < -0.3 is 10.2 Å². The van der Waals surface area contributed by atoms with Gasteiger partial charge in [0.1, 0.15) is 5.82 Å². The maximum atomic E-state index is 13.2. The highest BCUT2D eigenvalue weighted by Crippen LogP contribution is 2.40. The lowest BCUT2D eigenvalue weighted by Crippen LogP contribution is -2.49. The highest BCUT2D eigenvalue weighted by Gasteiger charge is 2.36. The van der Waals surface area contributed by atoms with Gasteiger partial charge in [-0.1, -0.05) is 0 Å². The van der Waals surface area contributed by atoms with E-state index in [2.05, 4.69) is 32.3 Å². The lowest BCUT2D eigenvalue weighted by Gasteiger charge is -2.31. The molecule has 5 nitrogen and oxygen atoms in total. The van der Waals surface area contributed by atoms with Crippen LogP contribution >= 0.6 is 0 Å². The van der Waals surface area contributed by atoms with Crippen LogP contribution in [-0.2, 0) is 0 Å². The smallest absolute Gasteiger partial charge is 0.248 e. The van der Waals surface area contributed by atoms with Crippen LogP contribution in [-0.4, -0.2) is 46.8 Å². The van der Waals surface area contributed by atoms with Crippen LogP contribution in [0.5, 0.6) is 0 Å². The summed E-state index contributed by atoms with van der Waals surface area (Å²) in [5.41, 5.74) is 0. The second-order valence-electron chi connectivity index (χ2n) is 5.95. The van der Waals surface area contributed by atoms with Crippen molar-refractivity contribution in [3.8, 4) is 0 Å². The molecule has 1 unspecified atom stereocenters. The highest BCUT2D eigenvalue weighted by atomic mass is 19.3. The van der Waals surface area contributed by atoms with E-state index < -0.39 is 5.92 Å². The van der Waals surface area contributed by atoms with Crippen molar-refractivity contribution in [3.63, 3.8) is 0 Å². The average Bonchev–Trinajstić information content (AvgIpc) is 2.88. The van der Waals surface area contributed by atoms with Crippen LogP contribution in [0, 0.1) is 0 Å². The first-order chi connectivity index (χ1) is 9.53. The van der Waals surface area contributed by atoms with Gasteiger partial charge in [-0.05, 0) is 19.8 Å². The SMILES string of the molecule is CC1CN(c2n[nH]c(C3CCC(F)(F)CC3)n2)CCN1. The zero-order valence-corrected chi connectivity index (χ0v) is 11.7. The van der Waals surface area contributed by atoms with E-state index in [4.69, 9.17) is 0 Å². The fourth-order valence-electron chi connectivity index (χ4n) is 3.02. The van der Waals surface area contributed by atoms with Crippen LogP contribution in [0.25, 0.3) is 0 Å². The molecule has 0 bridgehead atoms. The predicted octanol–water partition coefficient (Wildman–Crippen LogP) is 1.90. The Morgan fingerprint density at radius 2 is 2.05 bits per heavy atom. The van der Waals surface area contributed by atoms with E-state index in [0.717, 1.165) is 25.5 Å². The summed E-state index contributed by atoms with van der Waals surface area (Å²) in [5.74, 6) is -0.934. The Morgan fingerprint density at radius 1 is 1.30 bits per heavy atom. The molecule has 20 heavy (non-hydrogen) atoms. The van der Waals surface area contributed by atoms with Crippen LogP contribution in [0.15, 0.2) is 0 Å². The number of nitrogens with zero attached hydrogens (tertiary/aromatic N) is 3. The predicted molar refractivity (Wildman–Crippen MR) is 72.2 cm³/mol. The molecule has 0 spiro atoms. The van der Waals surface area contributed by atoms with E-state index >= 15 is 0 Å². The summed E-state index contributed by atoms with van der Waals surface area (Å²) in [4.78, 5) is 6.66. The van der Waals surface area contributed by atoms with E-state index in [1.54, 1.807) is 0 Å². The minimum Gasteiger partial charge on any atom is -0.337 e. The number of hydrogen-bond donors (Lipinski definition) is 2. The van der Waals surface area contributed by atoms with Gasteiger partial charge in [-0.25, -0.2) is 8.78 Å². The Kier molecular flexibility index (Phi) is 3.62. The molecule has 1 saturated carbocycles. The van der Waals surface area contributed by atoms with Crippen LogP contribution < -0.4 is 10.2 Å². The number of halogens is 2. The standard InChI is InChI=1S/C13H21F2N5/c1-9-8-20(7-6-16-9)12-17-11(18-19-12)10-2-4-13(14,15)5-3-10/h9-10,16H,2-8H2,1H3,(H,17,18,19). The van der Waals surface area contributed by atoms with Crippen molar-refractivity contribution in [2.24, 2.45) is 0 Å². The monoisotopic (exact) mass is 285 g/mol. The van der Waals surface area contributed by atoms with Gasteiger partial charge in [-0.3, -0.25) is 5.10 Å². The first-order valence-electron chi connectivity index (χ1n) is 7.32. The Morgan fingerprint density at radius 3 is 2.75 bits per heavy atom. The van der Waals surface area contributed by atoms with Gasteiger partial charge in [0.15, 0.2) is 0 Å². The summed E-state index contributed by atoms with van der Waals surface area (Å²) in [5, 5.41) is 10.6. The average molecular weight is 285 g/mol. The number of aromatic amines is 1. The van der Waals surface area contributed by atoms with Crippen molar-refractivity contribution in [2.45, 2.75) is 50.5 Å². The minimum atomic E-state index is -2.49. The maximum Gasteiger partial charge on any atom is 0.248 e. The number of hydrogen-bond acceptors (Lipinski definition) is 4. The van der Waals surface area contributed by atoms with E-state index in [1.165, 1.54) is 0 Å². The van der Waals surface area contributed by atoms with Gasteiger partial charge in [0, 0.05) is 44.4 Å². The molecule has 2 fully saturated rings. The van der Waals surface area contributed by atoms with Crippen LogP contribution in [0.3, 0.4) is 0 Å². The number of H-pyrrole nitrogens is 1. The largest absolute Gasteiger partial charge is 0.337 e. The van der Waals surface area contributed by atoms with Gasteiger partial charge in [0.25, 0.3) is 0 Å². The zero-order valence-electron chi connectivity index (χ0n) is 11.7. The molecule has 3 rings (SSSR count). The molecule has 1 atom stereocenters.